The highest BCUT2D eigenvalue weighted by atomic mass is 32.1. The molecule has 24 heavy (non-hydrogen) atoms. The van der Waals surface area contributed by atoms with E-state index < -0.39 is 6.10 Å². The van der Waals surface area contributed by atoms with E-state index in [9.17, 15) is 9.90 Å². The minimum absolute atomic E-state index is 0.237. The average Bonchev–Trinajstić information content (AvgIpc) is 3.07. The van der Waals surface area contributed by atoms with Gasteiger partial charge in [-0.1, -0.05) is 11.2 Å². The van der Waals surface area contributed by atoms with Gasteiger partial charge in [0.05, 0.1) is 6.54 Å². The summed E-state index contributed by atoms with van der Waals surface area (Å²) in [4.78, 5) is 14.9. The number of nitrogens with zero attached hydrogens (tertiary/aromatic N) is 1. The van der Waals surface area contributed by atoms with Gasteiger partial charge in [-0.25, -0.2) is 0 Å². The first-order valence-corrected chi connectivity index (χ1v) is 9.45. The zero-order chi connectivity index (χ0) is 16.5. The first-order chi connectivity index (χ1) is 11.7. The molecule has 124 valence electrons. The van der Waals surface area contributed by atoms with Crippen molar-refractivity contribution in [3.05, 3.63) is 61.8 Å². The van der Waals surface area contributed by atoms with Crippen LogP contribution >= 0.6 is 22.7 Å². The van der Waals surface area contributed by atoms with E-state index >= 15 is 0 Å². The second-order valence-corrected chi connectivity index (χ2v) is 7.97. The summed E-state index contributed by atoms with van der Waals surface area (Å²) in [5, 5.41) is 18.9. The van der Waals surface area contributed by atoms with Crippen LogP contribution in [0.25, 0.3) is 0 Å². The Hall–Kier alpha value is -1.96. The molecule has 1 fully saturated rings. The Balaban J connectivity index is 1.36. The largest absolute Gasteiger partial charge is 0.382 e. The number of aromatic nitrogens is 1. The van der Waals surface area contributed by atoms with Gasteiger partial charge in [0.2, 0.25) is 0 Å². The lowest BCUT2D eigenvalue weighted by atomic mass is 10.2. The molecule has 0 aromatic carbocycles. The lowest BCUT2D eigenvalue weighted by Gasteiger charge is -2.05. The summed E-state index contributed by atoms with van der Waals surface area (Å²) < 4.78 is 5.20. The van der Waals surface area contributed by atoms with Crippen molar-refractivity contribution in [2.45, 2.75) is 31.4 Å². The van der Waals surface area contributed by atoms with Crippen molar-refractivity contribution >= 4 is 28.6 Å². The molecule has 3 heterocycles. The van der Waals surface area contributed by atoms with Crippen LogP contribution in [0, 0.1) is 0 Å². The van der Waals surface area contributed by atoms with E-state index in [1.807, 2.05) is 29.6 Å². The Bertz CT molecular complexity index is 834. The van der Waals surface area contributed by atoms with Crippen LogP contribution in [0.2, 0.25) is 0 Å². The van der Waals surface area contributed by atoms with Crippen LogP contribution in [0.3, 0.4) is 0 Å². The Morgan fingerprint density at radius 1 is 1.38 bits per heavy atom. The molecule has 1 aliphatic carbocycles. The van der Waals surface area contributed by atoms with E-state index in [0.717, 1.165) is 33.2 Å². The molecule has 4 rings (SSSR count). The molecule has 7 heteroatoms. The smallest absolute Gasteiger partial charge is 0.273 e. The summed E-state index contributed by atoms with van der Waals surface area (Å²) in [6.45, 7) is 0.409. The van der Waals surface area contributed by atoms with Crippen molar-refractivity contribution in [2.75, 3.05) is 0 Å². The highest BCUT2D eigenvalue weighted by molar-refractivity contribution is 7.12. The van der Waals surface area contributed by atoms with E-state index in [0.29, 0.717) is 18.2 Å². The molecule has 1 aliphatic rings. The minimum Gasteiger partial charge on any atom is -0.382 e. The molecule has 1 amide bonds. The number of hydrogen-bond acceptors (Lipinski definition) is 6. The predicted octanol–water partition coefficient (Wildman–Crippen LogP) is 3.69. The van der Waals surface area contributed by atoms with Gasteiger partial charge in [0, 0.05) is 26.6 Å². The molecule has 0 bridgehead atoms. The standard InChI is InChI=1S/C17H16N2O3S2/c20-16(14-2-1-7-23-14)15-6-5-11(24-15)9-18-17(21)12-8-13(22-19-12)10-3-4-10/h1-2,5-8,10,16,20H,3-4,9H2,(H,18,21). The number of aliphatic hydroxyl groups excluding tert-OH is 1. The zero-order valence-electron chi connectivity index (χ0n) is 12.8. The van der Waals surface area contributed by atoms with Gasteiger partial charge in [-0.05, 0) is 36.4 Å². The number of carbonyl (C=O) groups is 1. The van der Waals surface area contributed by atoms with Crippen molar-refractivity contribution in [3.8, 4) is 0 Å². The first kappa shape index (κ1) is 15.6. The van der Waals surface area contributed by atoms with Gasteiger partial charge in [-0.15, -0.1) is 22.7 Å². The number of aliphatic hydroxyl groups is 1. The Labute approximate surface area is 146 Å². The van der Waals surface area contributed by atoms with Crippen LogP contribution < -0.4 is 5.32 Å². The molecule has 1 saturated carbocycles. The number of amides is 1. The van der Waals surface area contributed by atoms with Crippen LogP contribution in [-0.2, 0) is 6.54 Å². The molecule has 0 radical (unpaired) electrons. The maximum atomic E-state index is 12.1. The van der Waals surface area contributed by atoms with Crippen molar-refractivity contribution in [3.63, 3.8) is 0 Å². The van der Waals surface area contributed by atoms with E-state index in [1.165, 1.54) is 22.7 Å². The first-order valence-electron chi connectivity index (χ1n) is 7.75. The van der Waals surface area contributed by atoms with E-state index in [1.54, 1.807) is 6.07 Å². The quantitative estimate of drug-likeness (QED) is 0.703. The maximum absolute atomic E-state index is 12.1. The van der Waals surface area contributed by atoms with Crippen molar-refractivity contribution in [2.24, 2.45) is 0 Å². The fourth-order valence-electron chi connectivity index (χ4n) is 2.44. The van der Waals surface area contributed by atoms with Crippen LogP contribution in [0.1, 0.15) is 55.7 Å². The fourth-order valence-corrected chi connectivity index (χ4v) is 4.20. The highest BCUT2D eigenvalue weighted by Crippen LogP contribution is 2.40. The number of nitrogens with one attached hydrogen (secondary N) is 1. The van der Waals surface area contributed by atoms with Crippen LogP contribution in [-0.4, -0.2) is 16.2 Å². The van der Waals surface area contributed by atoms with Crippen molar-refractivity contribution < 1.29 is 14.4 Å². The van der Waals surface area contributed by atoms with Gasteiger partial charge in [0.15, 0.2) is 5.69 Å². The van der Waals surface area contributed by atoms with Crippen LogP contribution in [0.15, 0.2) is 40.2 Å². The minimum atomic E-state index is -0.601. The number of rotatable bonds is 6. The monoisotopic (exact) mass is 360 g/mol. The zero-order valence-corrected chi connectivity index (χ0v) is 14.4. The third-order valence-electron chi connectivity index (χ3n) is 3.93. The SMILES string of the molecule is O=C(NCc1ccc(C(O)c2cccs2)s1)c1cc(C2CC2)on1. The van der Waals surface area contributed by atoms with Crippen LogP contribution in [0.4, 0.5) is 0 Å². The fraction of sp³-hybridized carbons (Fsp3) is 0.294. The topological polar surface area (TPSA) is 75.4 Å². The molecule has 3 aromatic rings. The summed E-state index contributed by atoms with van der Waals surface area (Å²) in [7, 11) is 0. The summed E-state index contributed by atoms with van der Waals surface area (Å²) in [6, 6.07) is 9.39. The van der Waals surface area contributed by atoms with Gasteiger partial charge in [-0.2, -0.15) is 0 Å². The van der Waals surface area contributed by atoms with Gasteiger partial charge >= 0.3 is 0 Å². The second kappa shape index (κ2) is 6.51. The molecule has 3 aromatic heterocycles. The Morgan fingerprint density at radius 2 is 2.25 bits per heavy atom. The van der Waals surface area contributed by atoms with Crippen molar-refractivity contribution in [1.29, 1.82) is 0 Å². The summed E-state index contributed by atoms with van der Waals surface area (Å²) in [5.74, 6) is 1.01. The van der Waals surface area contributed by atoms with Gasteiger partial charge in [0.1, 0.15) is 11.9 Å². The number of thiophene rings is 2. The molecule has 0 saturated heterocycles. The highest BCUT2D eigenvalue weighted by Gasteiger charge is 2.28. The lowest BCUT2D eigenvalue weighted by molar-refractivity contribution is 0.0942. The van der Waals surface area contributed by atoms with Gasteiger partial charge in [0.25, 0.3) is 5.91 Å². The predicted molar refractivity (Wildman–Crippen MR) is 92.3 cm³/mol. The Kier molecular flexibility index (Phi) is 4.22. The molecule has 1 atom stereocenters. The summed E-state index contributed by atoms with van der Waals surface area (Å²) in [6.07, 6.45) is 1.62. The molecular formula is C17H16N2O3S2. The normalized spacial score (nSPS) is 15.4. The number of carbonyl (C=O) groups excluding carboxylic acids is 1. The van der Waals surface area contributed by atoms with E-state index in [4.69, 9.17) is 4.52 Å². The third kappa shape index (κ3) is 3.28. The molecule has 0 aliphatic heterocycles. The van der Waals surface area contributed by atoms with Gasteiger partial charge in [-0.3, -0.25) is 4.79 Å². The molecule has 5 nitrogen and oxygen atoms in total. The molecule has 2 N–H and O–H groups in total. The second-order valence-electron chi connectivity index (χ2n) is 5.79. The van der Waals surface area contributed by atoms with Gasteiger partial charge < -0.3 is 14.9 Å². The molecular weight excluding hydrogens is 344 g/mol. The lowest BCUT2D eigenvalue weighted by Crippen LogP contribution is -2.22. The van der Waals surface area contributed by atoms with E-state index in [2.05, 4.69) is 10.5 Å². The number of hydrogen-bond donors (Lipinski definition) is 2. The summed E-state index contributed by atoms with van der Waals surface area (Å²) in [5.41, 5.74) is 0.326. The van der Waals surface area contributed by atoms with E-state index in [-0.39, 0.29) is 5.91 Å². The average molecular weight is 360 g/mol. The molecule has 1 unspecified atom stereocenters. The Morgan fingerprint density at radius 3 is 3.00 bits per heavy atom. The van der Waals surface area contributed by atoms with Crippen LogP contribution in [0.5, 0.6) is 0 Å². The summed E-state index contributed by atoms with van der Waals surface area (Å²) >= 11 is 3.02. The van der Waals surface area contributed by atoms with Crippen molar-refractivity contribution in [1.82, 2.24) is 10.5 Å². The maximum Gasteiger partial charge on any atom is 0.273 e. The third-order valence-corrected chi connectivity index (χ3v) is 5.99. The molecule has 0 spiro atoms.